The molecule has 4 nitrogen and oxygen atoms in total. The van der Waals surface area contributed by atoms with Crippen LogP contribution in [-0.2, 0) is 10.5 Å². The second kappa shape index (κ2) is 4.64. The van der Waals surface area contributed by atoms with E-state index in [4.69, 9.17) is 0 Å². The van der Waals surface area contributed by atoms with Crippen LogP contribution >= 0.6 is 0 Å². The Kier molecular flexibility index (Phi) is 3.19. The molecule has 0 bridgehead atoms. The first-order chi connectivity index (χ1) is 8.53. The molecular formula is C14H17N3O. The molecule has 0 saturated heterocycles. The summed E-state index contributed by atoms with van der Waals surface area (Å²) in [5.74, 6) is -0.0123. The fraction of sp³-hybridized carbons (Fsp3) is 0.286. The number of nitrogens with zero attached hydrogens (tertiary/aromatic N) is 3. The van der Waals surface area contributed by atoms with Gasteiger partial charge < -0.3 is 0 Å². The van der Waals surface area contributed by atoms with Crippen LogP contribution < -0.4 is 4.90 Å². The molecule has 1 heterocycles. The average molecular weight is 243 g/mol. The summed E-state index contributed by atoms with van der Waals surface area (Å²) in [6, 6.07) is 11.5. The molecular weight excluding hydrogens is 226 g/mol. The van der Waals surface area contributed by atoms with E-state index in [0.29, 0.717) is 0 Å². The maximum atomic E-state index is 12.0. The Hall–Kier alpha value is -2.10. The maximum Gasteiger partial charge on any atom is 0.225 e. The van der Waals surface area contributed by atoms with Crippen molar-refractivity contribution >= 4 is 11.6 Å². The van der Waals surface area contributed by atoms with E-state index in [2.05, 4.69) is 5.10 Å². The summed E-state index contributed by atoms with van der Waals surface area (Å²) in [5.41, 5.74) is 0.321. The van der Waals surface area contributed by atoms with Crippen molar-refractivity contribution in [2.45, 2.75) is 26.4 Å². The van der Waals surface area contributed by atoms with Crippen LogP contribution in [-0.4, -0.2) is 15.7 Å². The zero-order valence-corrected chi connectivity index (χ0v) is 10.9. The van der Waals surface area contributed by atoms with Gasteiger partial charge >= 0.3 is 0 Å². The molecule has 1 amide bonds. The maximum absolute atomic E-state index is 12.0. The van der Waals surface area contributed by atoms with Crippen LogP contribution in [0.5, 0.6) is 0 Å². The average Bonchev–Trinajstić information content (AvgIpc) is 2.83. The van der Waals surface area contributed by atoms with Crippen molar-refractivity contribution in [3.8, 4) is 0 Å². The first-order valence-corrected chi connectivity index (χ1v) is 5.89. The topological polar surface area (TPSA) is 38.1 Å². The number of hydrogen-bond acceptors (Lipinski definition) is 2. The van der Waals surface area contributed by atoms with Crippen molar-refractivity contribution < 1.29 is 4.79 Å². The molecule has 0 unspecified atom stereocenters. The van der Waals surface area contributed by atoms with Crippen molar-refractivity contribution in [2.75, 3.05) is 4.90 Å². The highest BCUT2D eigenvalue weighted by molar-refractivity contribution is 5.92. The third-order valence-electron chi connectivity index (χ3n) is 2.94. The number of carbonyl (C=O) groups is 1. The quantitative estimate of drug-likeness (QED) is 0.831. The SMILES string of the molecule is CC(=O)N(c1ccccc1)C(C)(C)n1cccn1. The molecule has 0 fully saturated rings. The number of anilines is 1. The van der Waals surface area contributed by atoms with Gasteiger partial charge in [0.1, 0.15) is 5.66 Å². The van der Waals surface area contributed by atoms with E-state index in [0.717, 1.165) is 5.69 Å². The van der Waals surface area contributed by atoms with Gasteiger partial charge in [0.05, 0.1) is 0 Å². The normalized spacial score (nSPS) is 11.3. The molecule has 0 radical (unpaired) electrons. The van der Waals surface area contributed by atoms with E-state index in [-0.39, 0.29) is 5.91 Å². The number of para-hydroxylation sites is 1. The van der Waals surface area contributed by atoms with Crippen LogP contribution in [0.3, 0.4) is 0 Å². The molecule has 2 rings (SSSR count). The Balaban J connectivity index is 2.46. The smallest absolute Gasteiger partial charge is 0.225 e. The molecule has 94 valence electrons. The van der Waals surface area contributed by atoms with E-state index in [1.807, 2.05) is 56.4 Å². The van der Waals surface area contributed by atoms with Gasteiger partial charge in [0.2, 0.25) is 5.91 Å². The van der Waals surface area contributed by atoms with Gasteiger partial charge in [-0.2, -0.15) is 5.10 Å². The minimum atomic E-state index is -0.545. The molecule has 0 N–H and O–H groups in total. The summed E-state index contributed by atoms with van der Waals surface area (Å²) in [6.45, 7) is 5.50. The van der Waals surface area contributed by atoms with Gasteiger partial charge in [-0.15, -0.1) is 0 Å². The van der Waals surface area contributed by atoms with E-state index in [1.165, 1.54) is 0 Å². The van der Waals surface area contributed by atoms with Gasteiger partial charge in [0.25, 0.3) is 0 Å². The zero-order chi connectivity index (χ0) is 13.2. The van der Waals surface area contributed by atoms with Crippen LogP contribution in [0, 0.1) is 0 Å². The number of amides is 1. The Morgan fingerprint density at radius 1 is 1.22 bits per heavy atom. The molecule has 0 spiro atoms. The molecule has 1 aromatic carbocycles. The lowest BCUT2D eigenvalue weighted by Crippen LogP contribution is -2.49. The first kappa shape index (κ1) is 12.4. The van der Waals surface area contributed by atoms with Crippen LogP contribution in [0.25, 0.3) is 0 Å². The van der Waals surface area contributed by atoms with Gasteiger partial charge in [-0.1, -0.05) is 18.2 Å². The summed E-state index contributed by atoms with van der Waals surface area (Å²) in [6.07, 6.45) is 3.57. The Morgan fingerprint density at radius 2 is 1.89 bits per heavy atom. The van der Waals surface area contributed by atoms with Gasteiger partial charge in [-0.05, 0) is 32.0 Å². The van der Waals surface area contributed by atoms with Crippen molar-refractivity contribution in [1.82, 2.24) is 9.78 Å². The van der Waals surface area contributed by atoms with Crippen molar-refractivity contribution in [3.63, 3.8) is 0 Å². The van der Waals surface area contributed by atoms with E-state index < -0.39 is 5.66 Å². The molecule has 0 saturated carbocycles. The Bertz CT molecular complexity index is 517. The zero-order valence-electron chi connectivity index (χ0n) is 10.9. The van der Waals surface area contributed by atoms with Crippen LogP contribution in [0.15, 0.2) is 48.8 Å². The lowest BCUT2D eigenvalue weighted by atomic mass is 10.1. The highest BCUT2D eigenvalue weighted by Gasteiger charge is 2.32. The third-order valence-corrected chi connectivity index (χ3v) is 2.94. The number of rotatable bonds is 3. The molecule has 1 aromatic heterocycles. The lowest BCUT2D eigenvalue weighted by Gasteiger charge is -2.38. The third kappa shape index (κ3) is 2.14. The predicted molar refractivity (Wildman–Crippen MR) is 71.2 cm³/mol. The summed E-state index contributed by atoms with van der Waals surface area (Å²) < 4.78 is 1.78. The number of carbonyl (C=O) groups excluding carboxylic acids is 1. The molecule has 0 aliphatic rings. The van der Waals surface area contributed by atoms with Crippen molar-refractivity contribution in [1.29, 1.82) is 0 Å². The van der Waals surface area contributed by atoms with Gasteiger partial charge in [-0.25, -0.2) is 4.68 Å². The predicted octanol–water partition coefficient (Wildman–Crippen LogP) is 2.63. The summed E-state index contributed by atoms with van der Waals surface area (Å²) in [4.78, 5) is 13.7. The van der Waals surface area contributed by atoms with E-state index >= 15 is 0 Å². The molecule has 0 aliphatic carbocycles. The Labute approximate surface area is 107 Å². The minimum Gasteiger partial charge on any atom is -0.288 e. The van der Waals surface area contributed by atoms with Gasteiger partial charge in [-0.3, -0.25) is 9.69 Å². The van der Waals surface area contributed by atoms with Crippen LogP contribution in [0.1, 0.15) is 20.8 Å². The monoisotopic (exact) mass is 243 g/mol. The minimum absolute atomic E-state index is 0.0123. The fourth-order valence-corrected chi connectivity index (χ4v) is 2.16. The van der Waals surface area contributed by atoms with Crippen molar-refractivity contribution in [2.24, 2.45) is 0 Å². The van der Waals surface area contributed by atoms with E-state index in [1.54, 1.807) is 22.7 Å². The molecule has 2 aromatic rings. The van der Waals surface area contributed by atoms with Crippen LogP contribution in [0.2, 0.25) is 0 Å². The summed E-state index contributed by atoms with van der Waals surface area (Å²) >= 11 is 0. The molecule has 18 heavy (non-hydrogen) atoms. The summed E-state index contributed by atoms with van der Waals surface area (Å²) in [5, 5.41) is 4.24. The largest absolute Gasteiger partial charge is 0.288 e. The lowest BCUT2D eigenvalue weighted by molar-refractivity contribution is -0.118. The Morgan fingerprint density at radius 3 is 2.39 bits per heavy atom. The fourth-order valence-electron chi connectivity index (χ4n) is 2.16. The number of aromatic nitrogens is 2. The highest BCUT2D eigenvalue weighted by atomic mass is 16.2. The standard InChI is InChI=1S/C14H17N3O/c1-12(18)17(13-8-5-4-6-9-13)14(2,3)16-11-7-10-15-16/h4-11H,1-3H3. The van der Waals surface area contributed by atoms with Crippen molar-refractivity contribution in [3.05, 3.63) is 48.8 Å². The van der Waals surface area contributed by atoms with Gasteiger partial charge in [0.15, 0.2) is 0 Å². The van der Waals surface area contributed by atoms with E-state index in [9.17, 15) is 4.79 Å². The van der Waals surface area contributed by atoms with Crippen LogP contribution in [0.4, 0.5) is 5.69 Å². The van der Waals surface area contributed by atoms with Gasteiger partial charge in [0, 0.05) is 25.0 Å². The second-order valence-electron chi connectivity index (χ2n) is 4.64. The second-order valence-corrected chi connectivity index (χ2v) is 4.64. The number of benzene rings is 1. The molecule has 4 heteroatoms. The summed E-state index contributed by atoms with van der Waals surface area (Å²) in [7, 11) is 0. The molecule has 0 atom stereocenters. The first-order valence-electron chi connectivity index (χ1n) is 5.89. The molecule has 0 aliphatic heterocycles. The number of hydrogen-bond donors (Lipinski definition) is 0. The highest BCUT2D eigenvalue weighted by Crippen LogP contribution is 2.27.